The fraction of sp³-hybridized carbons (Fsp3) is 0.438. The van der Waals surface area contributed by atoms with Crippen LogP contribution in [0, 0.1) is 0 Å². The molecule has 0 radical (unpaired) electrons. The molecule has 0 bridgehead atoms. The summed E-state index contributed by atoms with van der Waals surface area (Å²) in [5.74, 6) is 0.820. The van der Waals surface area contributed by atoms with Gasteiger partial charge in [0.15, 0.2) is 0 Å². The average Bonchev–Trinajstić information content (AvgIpc) is 3.16. The van der Waals surface area contributed by atoms with Crippen molar-refractivity contribution in [3.63, 3.8) is 0 Å². The number of hydrogen-bond donors (Lipinski definition) is 1. The van der Waals surface area contributed by atoms with Gasteiger partial charge in [-0.25, -0.2) is 4.98 Å². The molecule has 3 rings (SSSR count). The Hall–Kier alpha value is -1.10. The van der Waals surface area contributed by atoms with Crippen LogP contribution in [0.4, 0.5) is 0 Å². The van der Waals surface area contributed by atoms with Crippen molar-refractivity contribution in [2.75, 3.05) is 0 Å². The monoisotopic (exact) mass is 322 g/mol. The molecule has 1 heterocycles. The van der Waals surface area contributed by atoms with E-state index in [0.29, 0.717) is 12.6 Å². The molecule has 0 atom stereocenters. The molecule has 1 aliphatic rings. The maximum Gasteiger partial charge on any atom is 0.140 e. The standard InChI is InChI=1S/C16H19ClN2OS/c17-12-5-7-15(8-6-12)20-10-16-19-14(11-21-16)9-18-13-3-1-2-4-13/h5-8,11,13,18H,1-4,9-10H2. The number of nitrogens with zero attached hydrogens (tertiary/aromatic N) is 1. The van der Waals surface area contributed by atoms with Crippen molar-refractivity contribution in [3.05, 3.63) is 45.4 Å². The largest absolute Gasteiger partial charge is 0.486 e. The minimum absolute atomic E-state index is 0.510. The van der Waals surface area contributed by atoms with Gasteiger partial charge in [0, 0.05) is 23.0 Å². The second-order valence-electron chi connectivity index (χ2n) is 5.34. The molecule has 2 aromatic rings. The maximum atomic E-state index is 5.85. The number of benzene rings is 1. The van der Waals surface area contributed by atoms with Gasteiger partial charge in [-0.3, -0.25) is 0 Å². The van der Waals surface area contributed by atoms with Crippen LogP contribution in [0.1, 0.15) is 36.4 Å². The SMILES string of the molecule is Clc1ccc(OCc2nc(CNC3CCCC3)cs2)cc1. The summed E-state index contributed by atoms with van der Waals surface area (Å²) >= 11 is 7.50. The van der Waals surface area contributed by atoms with Gasteiger partial charge in [0.25, 0.3) is 0 Å². The topological polar surface area (TPSA) is 34.1 Å². The highest BCUT2D eigenvalue weighted by Crippen LogP contribution is 2.20. The van der Waals surface area contributed by atoms with E-state index in [2.05, 4.69) is 15.7 Å². The third kappa shape index (κ3) is 4.43. The summed E-state index contributed by atoms with van der Waals surface area (Å²) in [5, 5.41) is 7.42. The average molecular weight is 323 g/mol. The summed E-state index contributed by atoms with van der Waals surface area (Å²) in [6.45, 7) is 1.37. The molecule has 5 heteroatoms. The number of hydrogen-bond acceptors (Lipinski definition) is 4. The van der Waals surface area contributed by atoms with E-state index in [1.807, 2.05) is 24.3 Å². The number of ether oxygens (including phenoxy) is 1. The number of thiazole rings is 1. The van der Waals surface area contributed by atoms with Gasteiger partial charge < -0.3 is 10.1 Å². The number of rotatable bonds is 6. The fourth-order valence-corrected chi connectivity index (χ4v) is 3.38. The number of nitrogens with one attached hydrogen (secondary N) is 1. The van der Waals surface area contributed by atoms with Crippen molar-refractivity contribution in [2.45, 2.75) is 44.9 Å². The molecule has 1 aromatic carbocycles. The molecule has 1 N–H and O–H groups in total. The van der Waals surface area contributed by atoms with Crippen LogP contribution in [0.3, 0.4) is 0 Å². The lowest BCUT2D eigenvalue weighted by Crippen LogP contribution is -2.25. The Labute approximate surface area is 134 Å². The lowest BCUT2D eigenvalue weighted by Gasteiger charge is -2.09. The summed E-state index contributed by atoms with van der Waals surface area (Å²) < 4.78 is 5.71. The predicted molar refractivity (Wildman–Crippen MR) is 87.0 cm³/mol. The quantitative estimate of drug-likeness (QED) is 0.855. The van der Waals surface area contributed by atoms with Crippen LogP contribution in [0.2, 0.25) is 5.02 Å². The smallest absolute Gasteiger partial charge is 0.140 e. The Morgan fingerprint density at radius 2 is 2.00 bits per heavy atom. The zero-order chi connectivity index (χ0) is 14.5. The lowest BCUT2D eigenvalue weighted by atomic mass is 10.2. The van der Waals surface area contributed by atoms with E-state index in [0.717, 1.165) is 28.0 Å². The van der Waals surface area contributed by atoms with Gasteiger partial charge in [0.05, 0.1) is 5.69 Å². The second kappa shape index (κ2) is 7.25. The Morgan fingerprint density at radius 1 is 1.24 bits per heavy atom. The van der Waals surface area contributed by atoms with Gasteiger partial charge in [-0.05, 0) is 37.1 Å². The summed E-state index contributed by atoms with van der Waals surface area (Å²) in [4.78, 5) is 4.61. The van der Waals surface area contributed by atoms with Crippen LogP contribution in [0.5, 0.6) is 5.75 Å². The van der Waals surface area contributed by atoms with Crippen molar-refractivity contribution in [2.24, 2.45) is 0 Å². The van der Waals surface area contributed by atoms with E-state index in [-0.39, 0.29) is 0 Å². The molecule has 1 saturated carbocycles. The first kappa shape index (κ1) is 14.8. The first-order valence-electron chi connectivity index (χ1n) is 7.34. The lowest BCUT2D eigenvalue weighted by molar-refractivity contribution is 0.305. The molecule has 0 amide bonds. The van der Waals surface area contributed by atoms with Crippen molar-refractivity contribution in [3.8, 4) is 5.75 Å². The van der Waals surface area contributed by atoms with E-state index < -0.39 is 0 Å². The van der Waals surface area contributed by atoms with Crippen LogP contribution >= 0.6 is 22.9 Å². The van der Waals surface area contributed by atoms with Gasteiger partial charge in [-0.15, -0.1) is 11.3 Å². The van der Waals surface area contributed by atoms with Gasteiger partial charge in [0.2, 0.25) is 0 Å². The third-order valence-corrected chi connectivity index (χ3v) is 4.83. The van der Waals surface area contributed by atoms with Gasteiger partial charge >= 0.3 is 0 Å². The second-order valence-corrected chi connectivity index (χ2v) is 6.72. The van der Waals surface area contributed by atoms with Crippen LogP contribution < -0.4 is 10.1 Å². The first-order chi connectivity index (χ1) is 10.3. The highest BCUT2D eigenvalue weighted by atomic mass is 35.5. The first-order valence-corrected chi connectivity index (χ1v) is 8.60. The molecule has 21 heavy (non-hydrogen) atoms. The maximum absolute atomic E-state index is 5.85. The van der Waals surface area contributed by atoms with E-state index in [1.54, 1.807) is 11.3 Å². The Balaban J connectivity index is 1.46. The molecule has 1 aromatic heterocycles. The summed E-state index contributed by atoms with van der Waals surface area (Å²) in [6, 6.07) is 8.09. The van der Waals surface area contributed by atoms with E-state index >= 15 is 0 Å². The van der Waals surface area contributed by atoms with Crippen molar-refractivity contribution in [1.29, 1.82) is 0 Å². The number of halogens is 1. The molecular formula is C16H19ClN2OS. The predicted octanol–water partition coefficient (Wildman–Crippen LogP) is 4.41. The van der Waals surface area contributed by atoms with Crippen molar-refractivity contribution >= 4 is 22.9 Å². The van der Waals surface area contributed by atoms with Crippen LogP contribution in [-0.2, 0) is 13.2 Å². The van der Waals surface area contributed by atoms with Gasteiger partial charge in [0.1, 0.15) is 17.4 Å². The summed E-state index contributed by atoms with van der Waals surface area (Å²) in [5.41, 5.74) is 1.11. The molecule has 1 fully saturated rings. The molecule has 3 nitrogen and oxygen atoms in total. The Kier molecular flexibility index (Phi) is 5.12. The van der Waals surface area contributed by atoms with E-state index in [9.17, 15) is 0 Å². The molecule has 0 spiro atoms. The van der Waals surface area contributed by atoms with Crippen molar-refractivity contribution in [1.82, 2.24) is 10.3 Å². The molecule has 1 aliphatic carbocycles. The van der Waals surface area contributed by atoms with Gasteiger partial charge in [-0.2, -0.15) is 0 Å². The molecule has 112 valence electrons. The van der Waals surface area contributed by atoms with E-state index in [4.69, 9.17) is 16.3 Å². The van der Waals surface area contributed by atoms with Crippen LogP contribution in [-0.4, -0.2) is 11.0 Å². The summed E-state index contributed by atoms with van der Waals surface area (Å²) in [7, 11) is 0. The Morgan fingerprint density at radius 3 is 2.76 bits per heavy atom. The van der Waals surface area contributed by atoms with E-state index in [1.165, 1.54) is 25.7 Å². The highest BCUT2D eigenvalue weighted by Gasteiger charge is 2.14. The molecule has 0 unspecified atom stereocenters. The minimum Gasteiger partial charge on any atom is -0.486 e. The van der Waals surface area contributed by atoms with Gasteiger partial charge in [-0.1, -0.05) is 24.4 Å². The highest BCUT2D eigenvalue weighted by molar-refractivity contribution is 7.09. The zero-order valence-corrected chi connectivity index (χ0v) is 13.4. The zero-order valence-electron chi connectivity index (χ0n) is 11.8. The number of aromatic nitrogens is 1. The summed E-state index contributed by atoms with van der Waals surface area (Å²) in [6.07, 6.45) is 5.32. The molecular weight excluding hydrogens is 304 g/mol. The van der Waals surface area contributed by atoms with Crippen molar-refractivity contribution < 1.29 is 4.74 Å². The molecule has 0 saturated heterocycles. The fourth-order valence-electron chi connectivity index (χ4n) is 2.55. The Bertz CT molecular complexity index is 564. The molecule has 0 aliphatic heterocycles. The third-order valence-electron chi connectivity index (χ3n) is 3.70. The normalized spacial score (nSPS) is 15.5. The van der Waals surface area contributed by atoms with Crippen LogP contribution in [0.25, 0.3) is 0 Å². The minimum atomic E-state index is 0.510. The van der Waals surface area contributed by atoms with Crippen LogP contribution in [0.15, 0.2) is 29.6 Å².